The molecule has 0 radical (unpaired) electrons. The molecule has 1 aromatic heterocycles. The van der Waals surface area contributed by atoms with Crippen LogP contribution in [0.15, 0.2) is 53.5 Å². The van der Waals surface area contributed by atoms with Gasteiger partial charge in [0.15, 0.2) is 0 Å². The predicted molar refractivity (Wildman–Crippen MR) is 135 cm³/mol. The summed E-state index contributed by atoms with van der Waals surface area (Å²) < 4.78 is 5.67. The number of carbonyl (C=O) groups excluding carboxylic acids is 2. The number of carbonyl (C=O) groups is 2. The maximum absolute atomic E-state index is 13.0. The smallest absolute Gasteiger partial charge is 0.414 e. The van der Waals surface area contributed by atoms with Gasteiger partial charge >= 0.3 is 6.09 Å². The van der Waals surface area contributed by atoms with Gasteiger partial charge in [0.2, 0.25) is 5.43 Å². The quantitative estimate of drug-likeness (QED) is 0.517. The molecule has 0 unspecified atom stereocenters. The number of anilines is 2. The molecular formula is C27H31N3O4. The summed E-state index contributed by atoms with van der Waals surface area (Å²) in [6, 6.07) is 12.6. The van der Waals surface area contributed by atoms with Crippen LogP contribution in [0, 0.1) is 0 Å². The van der Waals surface area contributed by atoms with Crippen LogP contribution in [0.4, 0.5) is 16.2 Å². The molecular weight excluding hydrogens is 430 g/mol. The molecule has 34 heavy (non-hydrogen) atoms. The van der Waals surface area contributed by atoms with Crippen molar-refractivity contribution in [3.05, 3.63) is 70.0 Å². The molecule has 3 aromatic rings. The first kappa shape index (κ1) is 23.5. The molecule has 2 heterocycles. The Morgan fingerprint density at radius 3 is 2.59 bits per heavy atom. The molecule has 0 fully saturated rings. The first-order valence-electron chi connectivity index (χ1n) is 11.8. The predicted octanol–water partition coefficient (Wildman–Crippen LogP) is 5.64. The Morgan fingerprint density at radius 2 is 1.79 bits per heavy atom. The van der Waals surface area contributed by atoms with E-state index < -0.39 is 17.6 Å². The van der Waals surface area contributed by atoms with E-state index >= 15 is 0 Å². The summed E-state index contributed by atoms with van der Waals surface area (Å²) in [5.74, 6) is -0.501. The molecule has 0 aliphatic carbocycles. The fraction of sp³-hybridized carbons (Fsp3) is 0.370. The number of amides is 2. The van der Waals surface area contributed by atoms with E-state index in [0.717, 1.165) is 43.4 Å². The van der Waals surface area contributed by atoms with Crippen molar-refractivity contribution < 1.29 is 14.3 Å². The molecule has 0 saturated heterocycles. The fourth-order valence-corrected chi connectivity index (χ4v) is 4.20. The lowest BCUT2D eigenvalue weighted by Crippen LogP contribution is -2.38. The van der Waals surface area contributed by atoms with Gasteiger partial charge in [0.05, 0.1) is 5.69 Å². The third-order valence-electron chi connectivity index (χ3n) is 5.86. The van der Waals surface area contributed by atoms with Crippen LogP contribution in [0.5, 0.6) is 0 Å². The van der Waals surface area contributed by atoms with Gasteiger partial charge in [0.25, 0.3) is 5.91 Å². The lowest BCUT2D eigenvalue weighted by Gasteiger charge is -2.29. The number of para-hydroxylation sites is 1. The van der Waals surface area contributed by atoms with Gasteiger partial charge in [-0.25, -0.2) is 4.79 Å². The minimum absolute atomic E-state index is 0.0336. The van der Waals surface area contributed by atoms with Crippen molar-refractivity contribution in [3.63, 3.8) is 0 Å². The number of benzene rings is 2. The summed E-state index contributed by atoms with van der Waals surface area (Å²) in [5.41, 5.74) is 2.06. The number of H-pyrrole nitrogens is 1. The van der Waals surface area contributed by atoms with Crippen LogP contribution in [-0.4, -0.2) is 29.1 Å². The molecule has 0 atom stereocenters. The number of aromatic nitrogens is 1. The summed E-state index contributed by atoms with van der Waals surface area (Å²) in [7, 11) is 0. The Balaban J connectivity index is 1.66. The van der Waals surface area contributed by atoms with Crippen molar-refractivity contribution in [3.8, 4) is 0 Å². The van der Waals surface area contributed by atoms with Crippen LogP contribution in [0.2, 0.25) is 0 Å². The van der Waals surface area contributed by atoms with E-state index in [-0.39, 0.29) is 11.0 Å². The number of hydrogen-bond acceptors (Lipinski definition) is 4. The van der Waals surface area contributed by atoms with Gasteiger partial charge in [0, 0.05) is 29.3 Å². The molecule has 0 bridgehead atoms. The topological polar surface area (TPSA) is 91.5 Å². The molecule has 178 valence electrons. The highest BCUT2D eigenvalue weighted by Gasteiger charge is 2.26. The van der Waals surface area contributed by atoms with Gasteiger partial charge in [-0.15, -0.1) is 0 Å². The lowest BCUT2D eigenvalue weighted by atomic mass is 10.0. The first-order valence-corrected chi connectivity index (χ1v) is 11.8. The molecule has 2 N–H and O–H groups in total. The summed E-state index contributed by atoms with van der Waals surface area (Å²) >= 11 is 0. The molecule has 1 aliphatic heterocycles. The van der Waals surface area contributed by atoms with Crippen molar-refractivity contribution in [1.82, 2.24) is 4.98 Å². The van der Waals surface area contributed by atoms with E-state index in [1.165, 1.54) is 6.20 Å². The second-order valence-corrected chi connectivity index (χ2v) is 9.67. The normalized spacial score (nSPS) is 14.5. The van der Waals surface area contributed by atoms with Crippen molar-refractivity contribution >= 4 is 34.3 Å². The van der Waals surface area contributed by atoms with Gasteiger partial charge in [-0.3, -0.25) is 14.5 Å². The van der Waals surface area contributed by atoms with Gasteiger partial charge in [-0.05, 0) is 69.9 Å². The minimum Gasteiger partial charge on any atom is -0.443 e. The fourth-order valence-electron chi connectivity index (χ4n) is 4.20. The second-order valence-electron chi connectivity index (χ2n) is 9.67. The average molecular weight is 462 g/mol. The third-order valence-corrected chi connectivity index (χ3v) is 5.86. The molecule has 2 aromatic carbocycles. The lowest BCUT2D eigenvalue weighted by molar-refractivity contribution is 0.0579. The molecule has 7 heteroatoms. The van der Waals surface area contributed by atoms with Crippen molar-refractivity contribution in [2.24, 2.45) is 0 Å². The van der Waals surface area contributed by atoms with Crippen LogP contribution < -0.4 is 15.6 Å². The monoisotopic (exact) mass is 461 g/mol. The highest BCUT2D eigenvalue weighted by molar-refractivity contribution is 6.06. The molecule has 0 spiro atoms. The van der Waals surface area contributed by atoms with Crippen LogP contribution in [0.1, 0.15) is 62.4 Å². The SMILES string of the molecule is CC(C)(C)OC(=O)N1CCCCCCc2ccc(NC(=O)c3c[nH]c4ccccc4c3=O)cc21. The molecule has 2 amide bonds. The second kappa shape index (κ2) is 9.71. The first-order chi connectivity index (χ1) is 16.2. The average Bonchev–Trinajstić information content (AvgIpc) is 2.88. The Hall–Kier alpha value is -3.61. The van der Waals surface area contributed by atoms with E-state index in [9.17, 15) is 14.4 Å². The van der Waals surface area contributed by atoms with Gasteiger partial charge < -0.3 is 15.0 Å². The minimum atomic E-state index is -0.612. The number of fused-ring (bicyclic) bond motifs is 2. The number of rotatable bonds is 2. The van der Waals surface area contributed by atoms with E-state index in [0.29, 0.717) is 23.1 Å². The maximum atomic E-state index is 13.0. The van der Waals surface area contributed by atoms with Crippen molar-refractivity contribution in [2.45, 2.75) is 58.5 Å². The Labute approximate surface area is 199 Å². The number of aromatic amines is 1. The highest BCUT2D eigenvalue weighted by Crippen LogP contribution is 2.30. The van der Waals surface area contributed by atoms with Crippen molar-refractivity contribution in [1.29, 1.82) is 0 Å². The number of nitrogens with one attached hydrogen (secondary N) is 2. The number of ether oxygens (including phenoxy) is 1. The number of aryl methyl sites for hydroxylation is 1. The van der Waals surface area contributed by atoms with Gasteiger partial charge in [-0.2, -0.15) is 0 Å². The van der Waals surface area contributed by atoms with E-state index in [2.05, 4.69) is 10.3 Å². The largest absolute Gasteiger partial charge is 0.443 e. The number of pyridine rings is 1. The Morgan fingerprint density at radius 1 is 1.03 bits per heavy atom. The Bertz CT molecular complexity index is 1270. The van der Waals surface area contributed by atoms with Gasteiger partial charge in [-0.1, -0.05) is 31.0 Å². The standard InChI is InChI=1S/C27H31N3O4/c1-27(2,3)34-26(33)30-15-9-5-4-6-10-18-13-14-19(16-23(18)30)29-25(32)21-17-28-22-12-8-7-11-20(22)24(21)31/h7-8,11-14,16-17H,4-6,9-10,15H2,1-3H3,(H,28,31)(H,29,32). The summed E-state index contributed by atoms with van der Waals surface area (Å²) in [6.07, 6.45) is 5.93. The Kier molecular flexibility index (Phi) is 6.72. The zero-order valence-electron chi connectivity index (χ0n) is 19.9. The number of nitrogens with zero attached hydrogens (tertiary/aromatic N) is 1. The van der Waals surface area contributed by atoms with Crippen LogP contribution >= 0.6 is 0 Å². The van der Waals surface area contributed by atoms with Crippen LogP contribution in [0.3, 0.4) is 0 Å². The van der Waals surface area contributed by atoms with Crippen molar-refractivity contribution in [2.75, 3.05) is 16.8 Å². The molecule has 4 rings (SSSR count). The van der Waals surface area contributed by atoms with Gasteiger partial charge in [0.1, 0.15) is 11.2 Å². The maximum Gasteiger partial charge on any atom is 0.414 e. The zero-order valence-corrected chi connectivity index (χ0v) is 19.9. The van der Waals surface area contributed by atoms with Crippen LogP contribution in [0.25, 0.3) is 10.9 Å². The highest BCUT2D eigenvalue weighted by atomic mass is 16.6. The summed E-state index contributed by atoms with van der Waals surface area (Å²) in [5, 5.41) is 3.29. The number of hydrogen-bond donors (Lipinski definition) is 2. The molecule has 1 aliphatic rings. The summed E-state index contributed by atoms with van der Waals surface area (Å²) in [6.45, 7) is 6.09. The zero-order chi connectivity index (χ0) is 24.3. The van der Waals surface area contributed by atoms with Crippen LogP contribution in [-0.2, 0) is 11.2 Å². The van der Waals surface area contributed by atoms with E-state index in [1.54, 1.807) is 29.2 Å². The molecule has 7 nitrogen and oxygen atoms in total. The van der Waals surface area contributed by atoms with E-state index in [4.69, 9.17) is 4.74 Å². The summed E-state index contributed by atoms with van der Waals surface area (Å²) in [4.78, 5) is 43.6. The third kappa shape index (κ3) is 5.30. The van der Waals surface area contributed by atoms with E-state index in [1.807, 2.05) is 39.0 Å². The molecule has 0 saturated carbocycles.